The molecule has 0 spiro atoms. The van der Waals surface area contributed by atoms with E-state index in [1.54, 1.807) is 11.2 Å². The summed E-state index contributed by atoms with van der Waals surface area (Å²) in [5, 5.41) is 0. The van der Waals surface area contributed by atoms with E-state index in [2.05, 4.69) is 0 Å². The molecule has 3 heterocycles. The van der Waals surface area contributed by atoms with E-state index in [4.69, 9.17) is 14.5 Å². The summed E-state index contributed by atoms with van der Waals surface area (Å²) in [7, 11) is -3.00. The molecule has 0 unspecified atom stereocenters. The number of rotatable bonds is 7. The number of sulfone groups is 1. The molecule has 2 saturated heterocycles. The molecule has 0 radical (unpaired) electrons. The van der Waals surface area contributed by atoms with Crippen molar-refractivity contribution in [1.82, 2.24) is 19.4 Å². The number of aromatic nitrogens is 2. The third-order valence-corrected chi connectivity index (χ3v) is 10.3. The Labute approximate surface area is 282 Å². The molecule has 11 heteroatoms. The second-order valence-corrected chi connectivity index (χ2v) is 15.7. The van der Waals surface area contributed by atoms with Crippen LogP contribution in [-0.2, 0) is 21.0 Å². The van der Waals surface area contributed by atoms with Crippen LogP contribution in [-0.4, -0.2) is 88.7 Å². The zero-order valence-corrected chi connectivity index (χ0v) is 28.4. The Bertz CT molecular complexity index is 1840. The number of amides is 2. The maximum Gasteiger partial charge on any atom is 0.410 e. The number of piperazine rings is 1. The lowest BCUT2D eigenvalue weighted by atomic mass is 10.0. The molecule has 4 aromatic rings. The van der Waals surface area contributed by atoms with Crippen molar-refractivity contribution in [3.63, 3.8) is 0 Å². The van der Waals surface area contributed by atoms with Gasteiger partial charge in [-0.2, -0.15) is 0 Å². The van der Waals surface area contributed by atoms with E-state index in [-0.39, 0.29) is 35.7 Å². The van der Waals surface area contributed by atoms with Crippen molar-refractivity contribution in [1.29, 1.82) is 0 Å². The maximum atomic E-state index is 14.6. The average molecular weight is 671 g/mol. The molecule has 1 aromatic heterocycles. The minimum Gasteiger partial charge on any atom is -0.490 e. The van der Waals surface area contributed by atoms with Crippen molar-refractivity contribution < 1.29 is 27.5 Å². The molecule has 252 valence electrons. The van der Waals surface area contributed by atoms with E-state index >= 15 is 0 Å². The molecule has 2 aliphatic heterocycles. The smallest absolute Gasteiger partial charge is 0.410 e. The summed E-state index contributed by atoms with van der Waals surface area (Å²) in [5.41, 5.74) is 2.98. The molecule has 6 rings (SSSR count). The van der Waals surface area contributed by atoms with Crippen LogP contribution in [0.25, 0.3) is 16.9 Å². The molecule has 10 nitrogen and oxygen atoms in total. The lowest BCUT2D eigenvalue weighted by molar-refractivity contribution is 0.00429. The molecule has 2 amide bonds. The van der Waals surface area contributed by atoms with Crippen molar-refractivity contribution in [3.05, 3.63) is 103 Å². The van der Waals surface area contributed by atoms with Gasteiger partial charge in [0.1, 0.15) is 23.8 Å². The van der Waals surface area contributed by atoms with Crippen molar-refractivity contribution in [2.24, 2.45) is 0 Å². The highest BCUT2D eigenvalue weighted by Gasteiger charge is 2.37. The van der Waals surface area contributed by atoms with Crippen LogP contribution >= 0.6 is 0 Å². The van der Waals surface area contributed by atoms with Gasteiger partial charge in [0.05, 0.1) is 28.9 Å². The van der Waals surface area contributed by atoms with E-state index in [1.165, 1.54) is 0 Å². The standard InChI is InChI=1S/C37H42N4O6S/c1-37(2,3)47-36(43)39-19-20-40(30(25-39)23-27-11-6-4-7-12-27)35(42)33-34(28-13-8-5-9-14-28)41(26-38-33)29-15-10-16-32(24-29)46-31-17-21-48(44,45)22-18-31/h4-16,24,26,30-31H,17-23,25H2,1-3H3/t30-/m1/s1. The molecular formula is C37H42N4O6S. The molecule has 0 bridgehead atoms. The third-order valence-electron chi connectivity index (χ3n) is 8.63. The molecule has 48 heavy (non-hydrogen) atoms. The largest absolute Gasteiger partial charge is 0.490 e. The Balaban J connectivity index is 1.31. The molecule has 0 saturated carbocycles. The fourth-order valence-electron chi connectivity index (χ4n) is 6.27. The monoisotopic (exact) mass is 670 g/mol. The highest BCUT2D eigenvalue weighted by Crippen LogP contribution is 2.31. The van der Waals surface area contributed by atoms with Gasteiger partial charge >= 0.3 is 6.09 Å². The summed E-state index contributed by atoms with van der Waals surface area (Å²) >= 11 is 0. The van der Waals surface area contributed by atoms with Crippen LogP contribution in [0.1, 0.15) is 49.7 Å². The average Bonchev–Trinajstić information content (AvgIpc) is 3.51. The summed E-state index contributed by atoms with van der Waals surface area (Å²) in [6.07, 6.45) is 2.56. The highest BCUT2D eigenvalue weighted by molar-refractivity contribution is 7.91. The Morgan fingerprint density at radius 3 is 2.27 bits per heavy atom. The van der Waals surface area contributed by atoms with Crippen molar-refractivity contribution in [3.8, 4) is 22.7 Å². The van der Waals surface area contributed by atoms with Crippen LogP contribution in [0.3, 0.4) is 0 Å². The minimum absolute atomic E-state index is 0.125. The third kappa shape index (κ3) is 7.90. The molecule has 1 atom stereocenters. The summed E-state index contributed by atoms with van der Waals surface area (Å²) in [6, 6.07) is 26.9. The normalized spacial score (nSPS) is 18.4. The van der Waals surface area contributed by atoms with Gasteiger partial charge in [0, 0.05) is 31.3 Å². The number of carbonyl (C=O) groups excluding carboxylic acids is 2. The van der Waals surface area contributed by atoms with Crippen LogP contribution in [0.2, 0.25) is 0 Å². The second kappa shape index (κ2) is 13.8. The Kier molecular flexibility index (Phi) is 9.59. The van der Waals surface area contributed by atoms with Gasteiger partial charge in [-0.1, -0.05) is 66.7 Å². The van der Waals surface area contributed by atoms with Crippen molar-refractivity contribution >= 4 is 21.8 Å². The lowest BCUT2D eigenvalue weighted by Gasteiger charge is -2.41. The van der Waals surface area contributed by atoms with E-state index in [0.717, 1.165) is 16.8 Å². The summed E-state index contributed by atoms with van der Waals surface area (Å²) < 4.78 is 37.6. The van der Waals surface area contributed by atoms with Gasteiger partial charge in [-0.3, -0.25) is 9.36 Å². The van der Waals surface area contributed by atoms with Gasteiger partial charge in [-0.05, 0) is 57.7 Å². The topological polar surface area (TPSA) is 111 Å². The number of hydrogen-bond donors (Lipinski definition) is 0. The second-order valence-electron chi connectivity index (χ2n) is 13.4. The van der Waals surface area contributed by atoms with Crippen molar-refractivity contribution in [2.75, 3.05) is 31.1 Å². The van der Waals surface area contributed by atoms with Crippen LogP contribution in [0.5, 0.6) is 5.75 Å². The SMILES string of the molecule is CC(C)(C)OC(=O)N1CCN(C(=O)c2ncn(-c3cccc(OC4CCS(=O)(=O)CC4)c3)c2-c2ccccc2)[C@H](Cc2ccccc2)C1. The van der Waals surface area contributed by atoms with E-state index in [1.807, 2.05) is 115 Å². The molecular weight excluding hydrogens is 628 g/mol. The highest BCUT2D eigenvalue weighted by atomic mass is 32.2. The van der Waals surface area contributed by atoms with Crippen LogP contribution < -0.4 is 4.74 Å². The van der Waals surface area contributed by atoms with Gasteiger partial charge in [0.15, 0.2) is 15.5 Å². The number of nitrogens with zero attached hydrogens (tertiary/aromatic N) is 4. The fraction of sp³-hybridized carbons (Fsp3) is 0.378. The number of benzene rings is 3. The van der Waals surface area contributed by atoms with Gasteiger partial charge in [0.25, 0.3) is 5.91 Å². The predicted octanol–water partition coefficient (Wildman–Crippen LogP) is 5.80. The Morgan fingerprint density at radius 1 is 0.896 bits per heavy atom. The minimum atomic E-state index is -3.00. The van der Waals surface area contributed by atoms with Gasteiger partial charge in [-0.25, -0.2) is 18.2 Å². The van der Waals surface area contributed by atoms with Gasteiger partial charge in [-0.15, -0.1) is 0 Å². The first kappa shape index (κ1) is 33.3. The number of carbonyl (C=O) groups is 2. The Morgan fingerprint density at radius 2 is 1.58 bits per heavy atom. The summed E-state index contributed by atoms with van der Waals surface area (Å²) in [5.74, 6) is 0.659. The number of ether oxygens (including phenoxy) is 2. The van der Waals surface area contributed by atoms with Crippen LogP contribution in [0.15, 0.2) is 91.3 Å². The molecule has 3 aromatic carbocycles. The number of imidazole rings is 1. The quantitative estimate of drug-likeness (QED) is 0.245. The summed E-state index contributed by atoms with van der Waals surface area (Å²) in [4.78, 5) is 35.9. The lowest BCUT2D eigenvalue weighted by Crippen LogP contribution is -2.58. The Hall–Kier alpha value is -4.64. The predicted molar refractivity (Wildman–Crippen MR) is 184 cm³/mol. The molecule has 0 N–H and O–H groups in total. The van der Waals surface area contributed by atoms with Crippen molar-refractivity contribution in [2.45, 2.75) is 57.8 Å². The number of hydrogen-bond acceptors (Lipinski definition) is 7. The van der Waals surface area contributed by atoms with E-state index in [0.29, 0.717) is 56.0 Å². The van der Waals surface area contributed by atoms with Crippen LogP contribution in [0, 0.1) is 0 Å². The molecule has 0 aliphatic carbocycles. The van der Waals surface area contributed by atoms with E-state index in [9.17, 15) is 18.0 Å². The molecule has 2 fully saturated rings. The zero-order valence-electron chi connectivity index (χ0n) is 27.6. The first-order chi connectivity index (χ1) is 23.0. The molecule has 2 aliphatic rings. The maximum absolute atomic E-state index is 14.6. The van der Waals surface area contributed by atoms with E-state index < -0.39 is 15.4 Å². The first-order valence-electron chi connectivity index (χ1n) is 16.4. The first-order valence-corrected chi connectivity index (χ1v) is 18.2. The fourth-order valence-corrected chi connectivity index (χ4v) is 7.72. The van der Waals surface area contributed by atoms with Gasteiger partial charge in [0.2, 0.25) is 0 Å². The van der Waals surface area contributed by atoms with Crippen LogP contribution in [0.4, 0.5) is 4.79 Å². The zero-order chi connectivity index (χ0) is 33.9. The van der Waals surface area contributed by atoms with Gasteiger partial charge < -0.3 is 19.3 Å². The summed E-state index contributed by atoms with van der Waals surface area (Å²) in [6.45, 7) is 6.54.